The van der Waals surface area contributed by atoms with Crippen LogP contribution in [0.5, 0.6) is 0 Å². The van der Waals surface area contributed by atoms with Crippen molar-refractivity contribution in [2.45, 2.75) is 78.7 Å². The number of H-pyrrole nitrogens is 1. The zero-order valence-electron chi connectivity index (χ0n) is 19.1. The first-order valence-electron chi connectivity index (χ1n) is 11.6. The summed E-state index contributed by atoms with van der Waals surface area (Å²) in [5.41, 5.74) is 7.10. The first-order valence-corrected chi connectivity index (χ1v) is 11.6. The maximum absolute atomic E-state index is 3.59. The predicted molar refractivity (Wildman–Crippen MR) is 127 cm³/mol. The molecule has 0 radical (unpaired) electrons. The number of rotatable bonds is 4. The molecule has 1 aliphatic heterocycles. The monoisotopic (exact) mass is 395 g/mol. The Hall–Kier alpha value is -2.00. The molecule has 0 bridgehead atoms. The number of aryl methyl sites for hydroxylation is 1. The molecule has 4 rings (SSSR count). The van der Waals surface area contributed by atoms with Crippen molar-refractivity contribution in [1.82, 2.24) is 15.6 Å². The van der Waals surface area contributed by atoms with Crippen LogP contribution >= 0.6 is 0 Å². The fourth-order valence-electron chi connectivity index (χ4n) is 4.24. The summed E-state index contributed by atoms with van der Waals surface area (Å²) in [6, 6.07) is 9.24. The van der Waals surface area contributed by atoms with Gasteiger partial charge in [0.05, 0.1) is 6.04 Å². The van der Waals surface area contributed by atoms with Gasteiger partial charge in [-0.15, -0.1) is 0 Å². The Morgan fingerprint density at radius 1 is 1.03 bits per heavy atom. The van der Waals surface area contributed by atoms with E-state index in [2.05, 4.69) is 79.1 Å². The fraction of sp³-hybridized carbons (Fsp3) is 0.538. The van der Waals surface area contributed by atoms with E-state index in [-0.39, 0.29) is 0 Å². The van der Waals surface area contributed by atoms with Gasteiger partial charge in [0, 0.05) is 11.9 Å². The van der Waals surface area contributed by atoms with Gasteiger partial charge in [-0.25, -0.2) is 0 Å². The van der Waals surface area contributed by atoms with Crippen molar-refractivity contribution in [3.63, 3.8) is 0 Å². The number of benzene rings is 1. The maximum Gasteiger partial charge on any atom is 0.0514 e. The lowest BCUT2D eigenvalue weighted by Gasteiger charge is -2.22. The van der Waals surface area contributed by atoms with E-state index in [1.807, 2.05) is 13.8 Å². The molecule has 1 aromatic carbocycles. The van der Waals surface area contributed by atoms with Crippen molar-refractivity contribution >= 4 is 6.08 Å². The third-order valence-corrected chi connectivity index (χ3v) is 5.68. The minimum atomic E-state index is 0.455. The zero-order chi connectivity index (χ0) is 21.1. The Morgan fingerprint density at radius 3 is 2.45 bits per heavy atom. The second-order valence-electron chi connectivity index (χ2n) is 7.80. The maximum atomic E-state index is 3.59. The van der Waals surface area contributed by atoms with E-state index in [0.717, 1.165) is 13.1 Å². The first kappa shape index (κ1) is 23.3. The highest BCUT2D eigenvalue weighted by Gasteiger charge is 2.21. The SMILES string of the molecule is CC.CCC.Cc1c(C2CCNCC2)c[nH]c1/C=C/NC1CCc2ccccc21. The molecule has 3 heteroatoms. The summed E-state index contributed by atoms with van der Waals surface area (Å²) in [5, 5.41) is 7.04. The Bertz CT molecular complexity index is 738. The smallest absolute Gasteiger partial charge is 0.0514 e. The number of piperidine rings is 1. The Balaban J connectivity index is 0.000000551. The highest BCUT2D eigenvalue weighted by molar-refractivity contribution is 5.52. The molecule has 2 aromatic rings. The number of hydrogen-bond acceptors (Lipinski definition) is 2. The van der Waals surface area contributed by atoms with Crippen LogP contribution in [0.4, 0.5) is 0 Å². The summed E-state index contributed by atoms with van der Waals surface area (Å²) < 4.78 is 0. The van der Waals surface area contributed by atoms with Crippen LogP contribution in [0.1, 0.15) is 93.3 Å². The summed E-state index contributed by atoms with van der Waals surface area (Å²) in [6.45, 7) is 12.8. The number of nitrogens with one attached hydrogen (secondary N) is 3. The van der Waals surface area contributed by atoms with Crippen LogP contribution in [0.3, 0.4) is 0 Å². The minimum Gasteiger partial charge on any atom is -0.384 e. The first-order chi connectivity index (χ1) is 14.2. The summed E-state index contributed by atoms with van der Waals surface area (Å²) in [7, 11) is 0. The van der Waals surface area contributed by atoms with E-state index in [9.17, 15) is 0 Å². The zero-order valence-corrected chi connectivity index (χ0v) is 19.1. The molecule has 3 N–H and O–H groups in total. The molecule has 1 fully saturated rings. The van der Waals surface area contributed by atoms with Crippen molar-refractivity contribution in [3.05, 3.63) is 64.6 Å². The minimum absolute atomic E-state index is 0.455. The number of aromatic amines is 1. The lowest BCUT2D eigenvalue weighted by Crippen LogP contribution is -2.26. The van der Waals surface area contributed by atoms with Crippen LogP contribution in [0, 0.1) is 6.92 Å². The van der Waals surface area contributed by atoms with Crippen molar-refractivity contribution in [1.29, 1.82) is 0 Å². The van der Waals surface area contributed by atoms with Gasteiger partial charge in [-0.1, -0.05) is 58.4 Å². The average Bonchev–Trinajstić information content (AvgIpc) is 3.35. The number of hydrogen-bond donors (Lipinski definition) is 3. The molecule has 2 heterocycles. The van der Waals surface area contributed by atoms with Gasteiger partial charge >= 0.3 is 0 Å². The van der Waals surface area contributed by atoms with Crippen molar-refractivity contribution in [3.8, 4) is 0 Å². The highest BCUT2D eigenvalue weighted by atomic mass is 14.9. The van der Waals surface area contributed by atoms with E-state index in [1.54, 1.807) is 0 Å². The summed E-state index contributed by atoms with van der Waals surface area (Å²) in [5.74, 6) is 0.708. The van der Waals surface area contributed by atoms with Gasteiger partial charge in [0.2, 0.25) is 0 Å². The Labute approximate surface area is 178 Å². The quantitative estimate of drug-likeness (QED) is 0.554. The van der Waals surface area contributed by atoms with Gasteiger partial charge < -0.3 is 15.6 Å². The second-order valence-corrected chi connectivity index (χ2v) is 7.80. The molecule has 29 heavy (non-hydrogen) atoms. The number of fused-ring (bicyclic) bond motifs is 1. The van der Waals surface area contributed by atoms with Crippen molar-refractivity contribution in [2.24, 2.45) is 0 Å². The molecule has 1 unspecified atom stereocenters. The molecule has 1 saturated heterocycles. The average molecular weight is 396 g/mol. The molecule has 0 saturated carbocycles. The second kappa shape index (κ2) is 12.5. The molecule has 160 valence electrons. The summed E-state index contributed by atoms with van der Waals surface area (Å²) in [4.78, 5) is 3.47. The molecule has 1 atom stereocenters. The standard InChI is InChI=1S/C21H27N3.C3H8.C2H6/c1-15-19(17-8-11-22-12-9-17)14-24-20(15)10-13-23-21-7-6-16-4-2-3-5-18(16)21;1-3-2;1-2/h2-5,10,13-14,17,21-24H,6-9,11-12H2,1H3;3H2,1-2H3;1-2H3/b13-10+;;. The Kier molecular flexibility index (Phi) is 10.1. The molecule has 0 amide bonds. The summed E-state index contributed by atoms with van der Waals surface area (Å²) in [6.07, 6.45) is 12.7. The Morgan fingerprint density at radius 2 is 1.72 bits per heavy atom. The van der Waals surface area contributed by atoms with Gasteiger partial charge in [0.1, 0.15) is 0 Å². The van der Waals surface area contributed by atoms with Gasteiger partial charge in [-0.05, 0) is 86.1 Å². The molecular formula is C26H41N3. The van der Waals surface area contributed by atoms with Crippen molar-refractivity contribution < 1.29 is 0 Å². The largest absolute Gasteiger partial charge is 0.384 e. The van der Waals surface area contributed by atoms with E-state index in [0.29, 0.717) is 12.0 Å². The molecule has 1 aliphatic carbocycles. The van der Waals surface area contributed by atoms with E-state index in [1.165, 1.54) is 60.1 Å². The third kappa shape index (κ3) is 6.24. The normalized spacial score (nSPS) is 18.4. The van der Waals surface area contributed by atoms with Gasteiger partial charge in [0.25, 0.3) is 0 Å². The fourth-order valence-corrected chi connectivity index (χ4v) is 4.24. The number of aromatic nitrogens is 1. The van der Waals surface area contributed by atoms with Gasteiger partial charge in [-0.2, -0.15) is 0 Å². The van der Waals surface area contributed by atoms with Crippen LogP contribution in [0.25, 0.3) is 6.08 Å². The predicted octanol–water partition coefficient (Wildman–Crippen LogP) is 6.48. The van der Waals surface area contributed by atoms with Crippen LogP contribution < -0.4 is 10.6 Å². The van der Waals surface area contributed by atoms with Crippen LogP contribution in [-0.4, -0.2) is 18.1 Å². The van der Waals surface area contributed by atoms with E-state index < -0.39 is 0 Å². The lowest BCUT2D eigenvalue weighted by atomic mass is 9.89. The molecular weight excluding hydrogens is 354 g/mol. The van der Waals surface area contributed by atoms with E-state index in [4.69, 9.17) is 0 Å². The lowest BCUT2D eigenvalue weighted by molar-refractivity contribution is 0.459. The third-order valence-electron chi connectivity index (χ3n) is 5.68. The van der Waals surface area contributed by atoms with Crippen molar-refractivity contribution in [2.75, 3.05) is 13.1 Å². The molecule has 0 spiro atoms. The van der Waals surface area contributed by atoms with Crippen LogP contribution in [-0.2, 0) is 6.42 Å². The van der Waals surface area contributed by atoms with E-state index >= 15 is 0 Å². The molecule has 2 aliphatic rings. The topological polar surface area (TPSA) is 39.9 Å². The van der Waals surface area contributed by atoms with Gasteiger partial charge in [0.15, 0.2) is 0 Å². The molecule has 1 aromatic heterocycles. The van der Waals surface area contributed by atoms with Crippen LogP contribution in [0.15, 0.2) is 36.7 Å². The summed E-state index contributed by atoms with van der Waals surface area (Å²) >= 11 is 0. The van der Waals surface area contributed by atoms with Crippen LogP contribution in [0.2, 0.25) is 0 Å². The highest BCUT2D eigenvalue weighted by Crippen LogP contribution is 2.31. The molecule has 3 nitrogen and oxygen atoms in total. The van der Waals surface area contributed by atoms with Gasteiger partial charge in [-0.3, -0.25) is 0 Å².